The Balaban J connectivity index is 2.15. The summed E-state index contributed by atoms with van der Waals surface area (Å²) in [5.41, 5.74) is 9.78. The number of nitrogens with two attached hydrogens (primary N) is 1. The van der Waals surface area contributed by atoms with Crippen LogP contribution in [-0.4, -0.2) is 13.2 Å². The summed E-state index contributed by atoms with van der Waals surface area (Å²) in [7, 11) is 1.69. The van der Waals surface area contributed by atoms with Crippen LogP contribution in [0.2, 0.25) is 0 Å². The molecule has 2 rings (SSSR count). The highest BCUT2D eigenvalue weighted by atomic mass is 16.5. The Kier molecular flexibility index (Phi) is 4.80. The van der Waals surface area contributed by atoms with Crippen LogP contribution >= 0.6 is 0 Å². The maximum absolute atomic E-state index is 6.12. The van der Waals surface area contributed by atoms with E-state index in [0.717, 1.165) is 12.2 Å². The predicted octanol–water partition coefficient (Wildman–Crippen LogP) is 3.89. The maximum atomic E-state index is 6.12. The van der Waals surface area contributed by atoms with E-state index in [1.807, 2.05) is 12.1 Å². The number of ether oxygens (including phenoxy) is 1. The summed E-state index contributed by atoms with van der Waals surface area (Å²) in [4.78, 5) is 0. The quantitative estimate of drug-likeness (QED) is 0.893. The van der Waals surface area contributed by atoms with Gasteiger partial charge in [0.25, 0.3) is 0 Å². The fourth-order valence-corrected chi connectivity index (χ4v) is 2.14. The van der Waals surface area contributed by atoms with Crippen molar-refractivity contribution in [2.24, 2.45) is 11.7 Å². The second kappa shape index (κ2) is 6.58. The summed E-state index contributed by atoms with van der Waals surface area (Å²) in [6, 6.07) is 17.0. The van der Waals surface area contributed by atoms with Crippen LogP contribution < -0.4 is 10.5 Å². The topological polar surface area (TPSA) is 35.2 Å². The highest BCUT2D eigenvalue weighted by Crippen LogP contribution is 2.24. The zero-order valence-corrected chi connectivity index (χ0v) is 12.5. The Labute approximate surface area is 121 Å². The second-order valence-electron chi connectivity index (χ2n) is 5.54. The molecule has 2 nitrogen and oxygen atoms in total. The molecular formula is C18H23NO. The number of hydrogen-bond donors (Lipinski definition) is 1. The largest absolute Gasteiger partial charge is 0.497 e. The molecule has 0 aliphatic rings. The third-order valence-corrected chi connectivity index (χ3v) is 3.68. The molecule has 0 saturated heterocycles. The standard InChI is InChI=1S/C18H23NO/c1-13(2)18(19)11-14-7-9-15(10-8-14)16-5-4-6-17(12-16)20-3/h4-10,12-13,18H,11,19H2,1-3H3. The second-order valence-corrected chi connectivity index (χ2v) is 5.54. The molecule has 0 radical (unpaired) electrons. The van der Waals surface area contributed by atoms with Crippen LogP contribution in [0.5, 0.6) is 5.75 Å². The third kappa shape index (κ3) is 3.61. The number of rotatable bonds is 5. The van der Waals surface area contributed by atoms with Gasteiger partial charge in [0, 0.05) is 6.04 Å². The molecule has 0 fully saturated rings. The van der Waals surface area contributed by atoms with Gasteiger partial charge in [-0.2, -0.15) is 0 Å². The van der Waals surface area contributed by atoms with E-state index in [4.69, 9.17) is 10.5 Å². The van der Waals surface area contributed by atoms with Gasteiger partial charge < -0.3 is 10.5 Å². The van der Waals surface area contributed by atoms with E-state index in [0.29, 0.717) is 5.92 Å². The van der Waals surface area contributed by atoms with Crippen molar-refractivity contribution in [2.75, 3.05) is 7.11 Å². The highest BCUT2D eigenvalue weighted by Gasteiger charge is 2.08. The fraction of sp³-hybridized carbons (Fsp3) is 0.333. The molecule has 2 aromatic rings. The van der Waals surface area contributed by atoms with E-state index in [1.54, 1.807) is 7.11 Å². The molecule has 0 spiro atoms. The van der Waals surface area contributed by atoms with Gasteiger partial charge in [0.2, 0.25) is 0 Å². The molecular weight excluding hydrogens is 246 g/mol. The molecule has 0 heterocycles. The first-order chi connectivity index (χ1) is 9.60. The first-order valence-electron chi connectivity index (χ1n) is 7.09. The van der Waals surface area contributed by atoms with Gasteiger partial charge in [0.1, 0.15) is 5.75 Å². The van der Waals surface area contributed by atoms with Crippen molar-refractivity contribution in [3.05, 3.63) is 54.1 Å². The lowest BCUT2D eigenvalue weighted by molar-refractivity contribution is 0.415. The van der Waals surface area contributed by atoms with Crippen LogP contribution in [0.1, 0.15) is 19.4 Å². The smallest absolute Gasteiger partial charge is 0.119 e. The van der Waals surface area contributed by atoms with Crippen molar-refractivity contribution >= 4 is 0 Å². The van der Waals surface area contributed by atoms with Crippen LogP contribution in [0.4, 0.5) is 0 Å². The maximum Gasteiger partial charge on any atom is 0.119 e. The summed E-state index contributed by atoms with van der Waals surface area (Å²) in [5, 5.41) is 0. The average molecular weight is 269 g/mol. The minimum absolute atomic E-state index is 0.220. The number of benzene rings is 2. The monoisotopic (exact) mass is 269 g/mol. The SMILES string of the molecule is COc1cccc(-c2ccc(CC(N)C(C)C)cc2)c1. The fourth-order valence-electron chi connectivity index (χ4n) is 2.14. The van der Waals surface area contributed by atoms with Crippen molar-refractivity contribution in [3.63, 3.8) is 0 Å². The van der Waals surface area contributed by atoms with Gasteiger partial charge >= 0.3 is 0 Å². The lowest BCUT2D eigenvalue weighted by atomic mass is 9.96. The average Bonchev–Trinajstić information content (AvgIpc) is 2.48. The molecule has 1 atom stereocenters. The Hall–Kier alpha value is -1.80. The van der Waals surface area contributed by atoms with Gasteiger partial charge in [-0.25, -0.2) is 0 Å². The summed E-state index contributed by atoms with van der Waals surface area (Å²) < 4.78 is 5.26. The Morgan fingerprint density at radius 2 is 1.70 bits per heavy atom. The minimum atomic E-state index is 0.220. The zero-order valence-electron chi connectivity index (χ0n) is 12.5. The lowest BCUT2D eigenvalue weighted by Gasteiger charge is -2.15. The molecule has 2 aromatic carbocycles. The highest BCUT2D eigenvalue weighted by molar-refractivity contribution is 5.65. The van der Waals surface area contributed by atoms with Gasteiger partial charge in [-0.1, -0.05) is 50.2 Å². The third-order valence-electron chi connectivity index (χ3n) is 3.68. The molecule has 1 unspecified atom stereocenters. The summed E-state index contributed by atoms with van der Waals surface area (Å²) in [6.45, 7) is 4.32. The zero-order chi connectivity index (χ0) is 14.5. The molecule has 20 heavy (non-hydrogen) atoms. The van der Waals surface area contributed by atoms with Crippen molar-refractivity contribution in [3.8, 4) is 16.9 Å². The molecule has 0 aromatic heterocycles. The predicted molar refractivity (Wildman–Crippen MR) is 84.9 cm³/mol. The van der Waals surface area contributed by atoms with E-state index in [9.17, 15) is 0 Å². The molecule has 2 N–H and O–H groups in total. The Morgan fingerprint density at radius 1 is 1.00 bits per heavy atom. The van der Waals surface area contributed by atoms with Crippen molar-refractivity contribution in [1.82, 2.24) is 0 Å². The Bertz CT molecular complexity index is 546. The molecule has 0 aliphatic heterocycles. The molecule has 0 aliphatic carbocycles. The van der Waals surface area contributed by atoms with Crippen LogP contribution in [0.15, 0.2) is 48.5 Å². The van der Waals surface area contributed by atoms with Gasteiger partial charge in [-0.3, -0.25) is 0 Å². The summed E-state index contributed by atoms with van der Waals surface area (Å²) in [6.07, 6.45) is 0.927. The van der Waals surface area contributed by atoms with Gasteiger partial charge in [0.15, 0.2) is 0 Å². The van der Waals surface area contributed by atoms with Crippen molar-refractivity contribution < 1.29 is 4.74 Å². The first kappa shape index (κ1) is 14.6. The van der Waals surface area contributed by atoms with Crippen LogP contribution in [0, 0.1) is 5.92 Å². The van der Waals surface area contributed by atoms with Crippen molar-refractivity contribution in [1.29, 1.82) is 0 Å². The van der Waals surface area contributed by atoms with Gasteiger partial charge in [-0.15, -0.1) is 0 Å². The van der Waals surface area contributed by atoms with Crippen molar-refractivity contribution in [2.45, 2.75) is 26.3 Å². The van der Waals surface area contributed by atoms with E-state index in [-0.39, 0.29) is 6.04 Å². The number of hydrogen-bond acceptors (Lipinski definition) is 2. The molecule has 106 valence electrons. The minimum Gasteiger partial charge on any atom is -0.497 e. The molecule has 2 heteroatoms. The van der Waals surface area contributed by atoms with Gasteiger partial charge in [0.05, 0.1) is 7.11 Å². The Morgan fingerprint density at radius 3 is 2.30 bits per heavy atom. The summed E-state index contributed by atoms with van der Waals surface area (Å²) >= 11 is 0. The molecule has 0 saturated carbocycles. The van der Waals surface area contributed by atoms with E-state index >= 15 is 0 Å². The normalized spacial score (nSPS) is 12.4. The van der Waals surface area contributed by atoms with E-state index in [2.05, 4.69) is 50.2 Å². The summed E-state index contributed by atoms with van der Waals surface area (Å²) in [5.74, 6) is 1.39. The van der Waals surface area contributed by atoms with E-state index in [1.165, 1.54) is 16.7 Å². The number of methoxy groups -OCH3 is 1. The van der Waals surface area contributed by atoms with Crippen LogP contribution in [-0.2, 0) is 6.42 Å². The first-order valence-corrected chi connectivity index (χ1v) is 7.09. The van der Waals surface area contributed by atoms with Gasteiger partial charge in [-0.05, 0) is 41.2 Å². The molecule has 0 amide bonds. The lowest BCUT2D eigenvalue weighted by Crippen LogP contribution is -2.28. The van der Waals surface area contributed by atoms with Crippen LogP contribution in [0.25, 0.3) is 11.1 Å². The van der Waals surface area contributed by atoms with Crippen LogP contribution in [0.3, 0.4) is 0 Å². The molecule has 0 bridgehead atoms. The van der Waals surface area contributed by atoms with E-state index < -0.39 is 0 Å².